The first-order chi connectivity index (χ1) is 9.25. The fourth-order valence-electron chi connectivity index (χ4n) is 2.32. The molecule has 4 nitrogen and oxygen atoms in total. The number of para-hydroxylation sites is 1. The van der Waals surface area contributed by atoms with Gasteiger partial charge in [-0.05, 0) is 31.4 Å². The van der Waals surface area contributed by atoms with E-state index in [2.05, 4.69) is 0 Å². The van der Waals surface area contributed by atoms with E-state index in [4.69, 9.17) is 10.5 Å². The van der Waals surface area contributed by atoms with E-state index in [9.17, 15) is 4.79 Å². The van der Waals surface area contributed by atoms with E-state index in [0.29, 0.717) is 19.6 Å². The van der Waals surface area contributed by atoms with Gasteiger partial charge in [-0.1, -0.05) is 18.2 Å². The number of ether oxygens (including phenoxy) is 1. The van der Waals surface area contributed by atoms with Crippen LogP contribution in [0.15, 0.2) is 30.3 Å². The summed E-state index contributed by atoms with van der Waals surface area (Å²) in [5.41, 5.74) is 5.88. The van der Waals surface area contributed by atoms with Gasteiger partial charge in [0, 0.05) is 25.6 Å². The fourth-order valence-corrected chi connectivity index (χ4v) is 2.32. The molecule has 1 fully saturated rings. The lowest BCUT2D eigenvalue weighted by Gasteiger charge is -2.30. The highest BCUT2D eigenvalue weighted by molar-refractivity contribution is 5.76. The first kappa shape index (κ1) is 13.9. The van der Waals surface area contributed by atoms with Crippen LogP contribution < -0.4 is 10.5 Å². The summed E-state index contributed by atoms with van der Waals surface area (Å²) in [6.07, 6.45) is 3.34. The van der Waals surface area contributed by atoms with Crippen molar-refractivity contribution in [1.29, 1.82) is 0 Å². The summed E-state index contributed by atoms with van der Waals surface area (Å²) < 4.78 is 5.57. The molecule has 0 aromatic heterocycles. The van der Waals surface area contributed by atoms with Gasteiger partial charge in [0.05, 0.1) is 6.61 Å². The molecule has 1 saturated heterocycles. The monoisotopic (exact) mass is 262 g/mol. The number of piperidine rings is 1. The highest BCUT2D eigenvalue weighted by Crippen LogP contribution is 2.12. The molecule has 1 aromatic rings. The Bertz CT molecular complexity index is 394. The molecule has 1 aromatic carbocycles. The number of hydrogen-bond acceptors (Lipinski definition) is 3. The predicted octanol–water partition coefficient (Wildman–Crippen LogP) is 1.80. The maximum absolute atomic E-state index is 12.0. The van der Waals surface area contributed by atoms with Crippen molar-refractivity contribution < 1.29 is 9.53 Å². The lowest BCUT2D eigenvalue weighted by Crippen LogP contribution is -2.45. The van der Waals surface area contributed by atoms with Crippen LogP contribution in [0.25, 0.3) is 0 Å². The van der Waals surface area contributed by atoms with Crippen LogP contribution in [0.2, 0.25) is 0 Å². The number of nitrogens with zero attached hydrogens (tertiary/aromatic N) is 1. The molecule has 1 amide bonds. The van der Waals surface area contributed by atoms with E-state index in [-0.39, 0.29) is 11.9 Å². The molecule has 0 bridgehead atoms. The van der Waals surface area contributed by atoms with E-state index >= 15 is 0 Å². The predicted molar refractivity (Wildman–Crippen MR) is 75.0 cm³/mol. The summed E-state index contributed by atoms with van der Waals surface area (Å²) in [6.45, 7) is 2.14. The number of nitrogens with two attached hydrogens (primary N) is 1. The Morgan fingerprint density at radius 1 is 1.37 bits per heavy atom. The minimum atomic E-state index is 0.151. The fraction of sp³-hybridized carbons (Fsp3) is 0.533. The van der Waals surface area contributed by atoms with Crippen LogP contribution >= 0.6 is 0 Å². The first-order valence-electron chi connectivity index (χ1n) is 6.97. The van der Waals surface area contributed by atoms with Crippen LogP contribution in [-0.4, -0.2) is 36.5 Å². The lowest BCUT2D eigenvalue weighted by molar-refractivity contribution is -0.132. The summed E-state index contributed by atoms with van der Waals surface area (Å²) >= 11 is 0. The van der Waals surface area contributed by atoms with E-state index in [1.54, 1.807) is 0 Å². The van der Waals surface area contributed by atoms with E-state index < -0.39 is 0 Å². The zero-order chi connectivity index (χ0) is 13.5. The summed E-state index contributed by atoms with van der Waals surface area (Å²) in [5.74, 6) is 1.06. The van der Waals surface area contributed by atoms with Gasteiger partial charge >= 0.3 is 0 Å². The van der Waals surface area contributed by atoms with Crippen molar-refractivity contribution in [3.05, 3.63) is 30.3 Å². The Morgan fingerprint density at radius 3 is 2.89 bits per heavy atom. The number of hydrogen-bond donors (Lipinski definition) is 1. The molecule has 0 saturated carbocycles. The average Bonchev–Trinajstić information content (AvgIpc) is 2.44. The van der Waals surface area contributed by atoms with E-state index in [0.717, 1.165) is 31.6 Å². The summed E-state index contributed by atoms with van der Waals surface area (Å²) in [4.78, 5) is 13.9. The van der Waals surface area contributed by atoms with Crippen molar-refractivity contribution in [3.8, 4) is 5.75 Å². The number of benzene rings is 1. The first-order valence-corrected chi connectivity index (χ1v) is 6.97. The molecule has 0 radical (unpaired) electrons. The van der Waals surface area contributed by atoms with Gasteiger partial charge in [0.15, 0.2) is 0 Å². The van der Waals surface area contributed by atoms with Gasteiger partial charge < -0.3 is 15.4 Å². The SMILES string of the molecule is NC1CCCN(C(=O)CCCOc2ccccc2)C1. The standard InChI is InChI=1S/C15H22N2O2/c16-13-6-4-10-17(12-13)15(18)9-5-11-19-14-7-2-1-3-8-14/h1-3,7-8,13H,4-6,9-12,16H2. The molecule has 19 heavy (non-hydrogen) atoms. The van der Waals surface area contributed by atoms with Gasteiger partial charge in [-0.25, -0.2) is 0 Å². The highest BCUT2D eigenvalue weighted by Gasteiger charge is 2.20. The molecule has 4 heteroatoms. The molecule has 1 heterocycles. The van der Waals surface area contributed by atoms with Crippen LogP contribution in [0, 0.1) is 0 Å². The van der Waals surface area contributed by atoms with Gasteiger partial charge in [-0.15, -0.1) is 0 Å². The maximum Gasteiger partial charge on any atom is 0.222 e. The average molecular weight is 262 g/mol. The topological polar surface area (TPSA) is 55.6 Å². The number of carbonyl (C=O) groups excluding carboxylic acids is 1. The van der Waals surface area contributed by atoms with Crippen molar-refractivity contribution in [2.24, 2.45) is 5.73 Å². The molecule has 1 atom stereocenters. The largest absolute Gasteiger partial charge is 0.494 e. The molecular weight excluding hydrogens is 240 g/mol. The Kier molecular flexibility index (Phi) is 5.21. The van der Waals surface area contributed by atoms with Crippen molar-refractivity contribution in [3.63, 3.8) is 0 Å². The van der Waals surface area contributed by atoms with Crippen molar-refractivity contribution in [2.45, 2.75) is 31.7 Å². The normalized spacial score (nSPS) is 19.2. The second-order valence-corrected chi connectivity index (χ2v) is 5.01. The molecule has 104 valence electrons. The van der Waals surface area contributed by atoms with Crippen molar-refractivity contribution >= 4 is 5.91 Å². The molecule has 0 spiro atoms. The summed E-state index contributed by atoms with van der Waals surface area (Å²) in [6, 6.07) is 9.83. The summed E-state index contributed by atoms with van der Waals surface area (Å²) in [7, 11) is 0. The van der Waals surface area contributed by atoms with Crippen LogP contribution in [0.1, 0.15) is 25.7 Å². The van der Waals surface area contributed by atoms with Gasteiger partial charge in [-0.3, -0.25) is 4.79 Å². The molecule has 1 aliphatic rings. The molecule has 1 aliphatic heterocycles. The number of amides is 1. The van der Waals surface area contributed by atoms with Crippen molar-refractivity contribution in [2.75, 3.05) is 19.7 Å². The van der Waals surface area contributed by atoms with Crippen LogP contribution in [-0.2, 0) is 4.79 Å². The Labute approximate surface area is 114 Å². The van der Waals surface area contributed by atoms with Crippen LogP contribution in [0.3, 0.4) is 0 Å². The smallest absolute Gasteiger partial charge is 0.222 e. The minimum absolute atomic E-state index is 0.151. The molecular formula is C15H22N2O2. The van der Waals surface area contributed by atoms with Crippen LogP contribution in [0.5, 0.6) is 5.75 Å². The third kappa shape index (κ3) is 4.56. The molecule has 0 aliphatic carbocycles. The Balaban J connectivity index is 1.64. The quantitative estimate of drug-likeness (QED) is 0.823. The third-order valence-corrected chi connectivity index (χ3v) is 3.36. The molecule has 1 unspecified atom stereocenters. The van der Waals surface area contributed by atoms with Gasteiger partial charge in [0.25, 0.3) is 0 Å². The number of rotatable bonds is 5. The molecule has 2 N–H and O–H groups in total. The minimum Gasteiger partial charge on any atom is -0.494 e. The zero-order valence-electron chi connectivity index (χ0n) is 11.3. The number of likely N-dealkylation sites (tertiary alicyclic amines) is 1. The maximum atomic E-state index is 12.0. The highest BCUT2D eigenvalue weighted by atomic mass is 16.5. The lowest BCUT2D eigenvalue weighted by atomic mass is 10.1. The van der Waals surface area contributed by atoms with Crippen molar-refractivity contribution in [1.82, 2.24) is 4.90 Å². The molecule has 2 rings (SSSR count). The second-order valence-electron chi connectivity index (χ2n) is 5.01. The summed E-state index contributed by atoms with van der Waals surface area (Å²) in [5, 5.41) is 0. The number of carbonyl (C=O) groups is 1. The Morgan fingerprint density at radius 2 is 2.16 bits per heavy atom. The second kappa shape index (κ2) is 7.14. The van der Waals surface area contributed by atoms with Gasteiger partial charge in [0.1, 0.15) is 5.75 Å². The van der Waals surface area contributed by atoms with Gasteiger partial charge in [-0.2, -0.15) is 0 Å². The Hall–Kier alpha value is -1.55. The van der Waals surface area contributed by atoms with Crippen LogP contribution in [0.4, 0.5) is 0 Å². The van der Waals surface area contributed by atoms with E-state index in [1.165, 1.54) is 0 Å². The van der Waals surface area contributed by atoms with Gasteiger partial charge in [0.2, 0.25) is 5.91 Å². The van der Waals surface area contributed by atoms with E-state index in [1.807, 2.05) is 35.2 Å². The third-order valence-electron chi connectivity index (χ3n) is 3.36. The zero-order valence-corrected chi connectivity index (χ0v) is 11.3.